The van der Waals surface area contributed by atoms with Crippen LogP contribution in [-0.2, 0) is 15.1 Å². The Labute approximate surface area is 142 Å². The van der Waals surface area contributed by atoms with E-state index in [0.717, 1.165) is 13.0 Å². The summed E-state index contributed by atoms with van der Waals surface area (Å²) in [5, 5.41) is 0. The third-order valence-corrected chi connectivity index (χ3v) is 3.81. The van der Waals surface area contributed by atoms with Gasteiger partial charge < -0.3 is 4.74 Å². The van der Waals surface area contributed by atoms with Crippen molar-refractivity contribution >= 4 is 11.7 Å². The van der Waals surface area contributed by atoms with Crippen LogP contribution in [0, 0.1) is 0 Å². The fourth-order valence-electron chi connectivity index (χ4n) is 2.71. The lowest BCUT2D eigenvalue weighted by molar-refractivity contribution is -0.173. The number of esters is 1. The Hall–Kier alpha value is -2.89. The normalized spacial score (nSPS) is 20.0. The number of carbonyl (C=O) groups is 1. The molecule has 25 heavy (non-hydrogen) atoms. The van der Waals surface area contributed by atoms with Crippen molar-refractivity contribution in [1.29, 1.82) is 0 Å². The summed E-state index contributed by atoms with van der Waals surface area (Å²) in [6.45, 7) is 1.14. The number of rotatable bonds is 3. The molecular weight excluding hydrogens is 331 g/mol. The lowest BCUT2D eigenvalue weighted by Crippen LogP contribution is -2.38. The average molecular weight is 345 g/mol. The number of benzene rings is 2. The summed E-state index contributed by atoms with van der Waals surface area (Å²) in [4.78, 5) is 15.4. The maximum Gasteiger partial charge on any atom is 0.421 e. The molecule has 0 spiro atoms. The number of hydrogen-bond acceptors (Lipinski definition) is 3. The molecule has 6 heteroatoms. The van der Waals surface area contributed by atoms with E-state index in [9.17, 15) is 18.0 Å². The second-order valence-electron chi connectivity index (χ2n) is 5.56. The van der Waals surface area contributed by atoms with Gasteiger partial charge in [0.25, 0.3) is 0 Å². The number of ether oxygens (including phenoxy) is 1. The van der Waals surface area contributed by atoms with Crippen LogP contribution in [0.1, 0.15) is 18.1 Å². The summed E-state index contributed by atoms with van der Waals surface area (Å²) in [5.74, 6) is -0.902. The molecule has 0 saturated carbocycles. The third kappa shape index (κ3) is 3.07. The smallest absolute Gasteiger partial charge is 0.421 e. The minimum Gasteiger partial charge on any atom is -0.425 e. The predicted molar refractivity (Wildman–Crippen MR) is 87.0 cm³/mol. The predicted octanol–water partition coefficient (Wildman–Crippen LogP) is 4.39. The first-order valence-corrected chi connectivity index (χ1v) is 7.53. The maximum atomic E-state index is 14.0. The Morgan fingerprint density at radius 2 is 1.56 bits per heavy atom. The first kappa shape index (κ1) is 17.0. The Morgan fingerprint density at radius 1 is 1.00 bits per heavy atom. The standard InChI is InChI=1S/C19H14F3NO2/c1-13(24)25-16-12-18(19(20,21)22,15-10-6-3-7-11-15)23-17(16)14-8-4-2-5-9-14/h2-12H,1H3. The fraction of sp³-hybridized carbons (Fsp3) is 0.158. The quantitative estimate of drug-likeness (QED) is 0.774. The summed E-state index contributed by atoms with van der Waals surface area (Å²) in [5.41, 5.74) is -2.20. The minimum absolute atomic E-state index is 0.00280. The van der Waals surface area contributed by atoms with Crippen molar-refractivity contribution in [3.63, 3.8) is 0 Å². The molecule has 3 nitrogen and oxygen atoms in total. The third-order valence-electron chi connectivity index (χ3n) is 3.81. The van der Waals surface area contributed by atoms with Gasteiger partial charge >= 0.3 is 12.1 Å². The van der Waals surface area contributed by atoms with E-state index in [1.165, 1.54) is 24.3 Å². The van der Waals surface area contributed by atoms with E-state index in [4.69, 9.17) is 4.74 Å². The Bertz CT molecular complexity index is 842. The van der Waals surface area contributed by atoms with Gasteiger partial charge in [0, 0.05) is 18.6 Å². The maximum absolute atomic E-state index is 14.0. The highest BCUT2D eigenvalue weighted by Crippen LogP contribution is 2.48. The van der Waals surface area contributed by atoms with Crippen LogP contribution in [0.5, 0.6) is 0 Å². The summed E-state index contributed by atoms with van der Waals surface area (Å²) in [7, 11) is 0. The van der Waals surface area contributed by atoms with Crippen molar-refractivity contribution in [3.8, 4) is 0 Å². The van der Waals surface area contributed by atoms with Gasteiger partial charge in [-0.3, -0.25) is 9.79 Å². The molecular formula is C19H14F3NO2. The minimum atomic E-state index is -4.70. The van der Waals surface area contributed by atoms with Gasteiger partial charge in [0.05, 0.1) is 0 Å². The van der Waals surface area contributed by atoms with Crippen molar-refractivity contribution < 1.29 is 22.7 Å². The molecule has 1 unspecified atom stereocenters. The van der Waals surface area contributed by atoms with Crippen LogP contribution in [0.3, 0.4) is 0 Å². The van der Waals surface area contributed by atoms with Crippen molar-refractivity contribution in [2.45, 2.75) is 18.6 Å². The van der Waals surface area contributed by atoms with Crippen LogP contribution in [0.4, 0.5) is 13.2 Å². The van der Waals surface area contributed by atoms with Crippen molar-refractivity contribution in [1.82, 2.24) is 0 Å². The average Bonchev–Trinajstić information content (AvgIpc) is 2.96. The first-order chi connectivity index (χ1) is 11.8. The molecule has 0 fully saturated rings. The number of halogens is 3. The Balaban J connectivity index is 2.24. The van der Waals surface area contributed by atoms with Crippen molar-refractivity contribution in [3.05, 3.63) is 83.6 Å². The molecule has 1 aliphatic heterocycles. The van der Waals surface area contributed by atoms with Gasteiger partial charge in [-0.05, 0) is 5.56 Å². The van der Waals surface area contributed by atoms with Gasteiger partial charge in [-0.2, -0.15) is 13.2 Å². The molecule has 0 aromatic heterocycles. The molecule has 0 radical (unpaired) electrons. The highest BCUT2D eigenvalue weighted by Gasteiger charge is 2.58. The Morgan fingerprint density at radius 3 is 2.08 bits per heavy atom. The van der Waals surface area contributed by atoms with E-state index < -0.39 is 17.7 Å². The molecule has 3 rings (SSSR count). The van der Waals surface area contributed by atoms with E-state index in [-0.39, 0.29) is 17.0 Å². The zero-order chi connectivity index (χ0) is 18.1. The second-order valence-corrected chi connectivity index (χ2v) is 5.56. The Kier molecular flexibility index (Phi) is 4.20. The lowest BCUT2D eigenvalue weighted by Gasteiger charge is -2.27. The fourth-order valence-corrected chi connectivity index (χ4v) is 2.71. The molecule has 2 aromatic carbocycles. The monoisotopic (exact) mass is 345 g/mol. The lowest BCUT2D eigenvalue weighted by atomic mass is 9.90. The van der Waals surface area contributed by atoms with Gasteiger partial charge in [0.1, 0.15) is 5.71 Å². The summed E-state index contributed by atoms with van der Waals surface area (Å²) >= 11 is 0. The first-order valence-electron chi connectivity index (χ1n) is 7.53. The summed E-state index contributed by atoms with van der Waals surface area (Å²) < 4.78 is 47.1. The van der Waals surface area contributed by atoms with Crippen LogP contribution >= 0.6 is 0 Å². The molecule has 2 aromatic rings. The van der Waals surface area contributed by atoms with Crippen molar-refractivity contribution in [2.75, 3.05) is 0 Å². The number of hydrogen-bond donors (Lipinski definition) is 0. The zero-order valence-corrected chi connectivity index (χ0v) is 13.2. The number of alkyl halides is 3. The van der Waals surface area contributed by atoms with E-state index in [2.05, 4.69) is 4.99 Å². The van der Waals surface area contributed by atoms with Gasteiger partial charge in [0.15, 0.2) is 5.76 Å². The topological polar surface area (TPSA) is 38.7 Å². The number of aliphatic imine (C=N–C) groups is 1. The van der Waals surface area contributed by atoms with Gasteiger partial charge in [-0.1, -0.05) is 60.7 Å². The number of carbonyl (C=O) groups excluding carboxylic acids is 1. The van der Waals surface area contributed by atoms with Gasteiger partial charge in [-0.25, -0.2) is 0 Å². The van der Waals surface area contributed by atoms with E-state index >= 15 is 0 Å². The largest absolute Gasteiger partial charge is 0.425 e. The summed E-state index contributed by atoms with van der Waals surface area (Å²) in [6, 6.07) is 15.7. The van der Waals surface area contributed by atoms with Crippen LogP contribution in [0.15, 0.2) is 77.5 Å². The van der Waals surface area contributed by atoms with Crippen LogP contribution in [-0.4, -0.2) is 17.9 Å². The van der Waals surface area contributed by atoms with Crippen LogP contribution in [0.25, 0.3) is 0 Å². The number of nitrogens with zero attached hydrogens (tertiary/aromatic N) is 1. The highest BCUT2D eigenvalue weighted by molar-refractivity contribution is 6.14. The molecule has 1 atom stereocenters. The SMILES string of the molecule is CC(=O)OC1=CC(c2ccccc2)(C(F)(F)F)N=C1c1ccccc1. The molecule has 0 aliphatic carbocycles. The molecule has 1 aliphatic rings. The molecule has 0 N–H and O–H groups in total. The van der Waals surface area contributed by atoms with Gasteiger partial charge in [0.2, 0.25) is 5.54 Å². The van der Waals surface area contributed by atoms with Crippen LogP contribution < -0.4 is 0 Å². The molecule has 0 saturated heterocycles. The molecule has 0 bridgehead atoms. The highest BCUT2D eigenvalue weighted by atomic mass is 19.4. The molecule has 0 amide bonds. The van der Waals surface area contributed by atoms with Crippen LogP contribution in [0.2, 0.25) is 0 Å². The summed E-state index contributed by atoms with van der Waals surface area (Å²) in [6.07, 6.45) is -3.83. The second kappa shape index (κ2) is 6.20. The van der Waals surface area contributed by atoms with Gasteiger partial charge in [-0.15, -0.1) is 0 Å². The zero-order valence-electron chi connectivity index (χ0n) is 13.2. The van der Waals surface area contributed by atoms with E-state index in [1.807, 2.05) is 0 Å². The number of allylic oxidation sites excluding steroid dienone is 1. The molecule has 128 valence electrons. The van der Waals surface area contributed by atoms with E-state index in [1.54, 1.807) is 36.4 Å². The van der Waals surface area contributed by atoms with Crippen molar-refractivity contribution in [2.24, 2.45) is 4.99 Å². The van der Waals surface area contributed by atoms with E-state index in [0.29, 0.717) is 5.56 Å². The molecule has 1 heterocycles.